The molecule has 2 N–H and O–H groups in total. The maximum Gasteiger partial charge on any atom is 0.129 e. The molecule has 0 saturated carbocycles. The van der Waals surface area contributed by atoms with Gasteiger partial charge in [-0.2, -0.15) is 0 Å². The van der Waals surface area contributed by atoms with Gasteiger partial charge in [0.2, 0.25) is 0 Å². The monoisotopic (exact) mass is 292 g/mol. The molecule has 0 radical (unpaired) electrons. The molecule has 2 rings (SSSR count). The second kappa shape index (κ2) is 7.95. The summed E-state index contributed by atoms with van der Waals surface area (Å²) in [5.41, 5.74) is 0.572. The largest absolute Gasteiger partial charge is 0.317 e. The summed E-state index contributed by atoms with van der Waals surface area (Å²) in [6.45, 7) is 3.63. The van der Waals surface area contributed by atoms with E-state index < -0.39 is 0 Å². The maximum atomic E-state index is 13.5. The minimum Gasteiger partial charge on any atom is -0.317 e. The number of halogens is 3. The van der Waals surface area contributed by atoms with Crippen molar-refractivity contribution in [3.05, 3.63) is 34.6 Å². The predicted molar refractivity (Wildman–Crippen MR) is 76.0 cm³/mol. The van der Waals surface area contributed by atoms with E-state index in [4.69, 9.17) is 11.6 Å². The van der Waals surface area contributed by atoms with E-state index in [1.165, 1.54) is 18.9 Å². The van der Waals surface area contributed by atoms with Crippen LogP contribution < -0.4 is 10.6 Å². The van der Waals surface area contributed by atoms with Crippen molar-refractivity contribution in [3.63, 3.8) is 0 Å². The van der Waals surface area contributed by atoms with Crippen LogP contribution >= 0.6 is 24.0 Å². The first-order valence-corrected chi connectivity index (χ1v) is 6.49. The molecule has 0 aliphatic carbocycles. The minimum atomic E-state index is -0.227. The molecular formula is C13H19Cl2FN2. The summed E-state index contributed by atoms with van der Waals surface area (Å²) >= 11 is 5.96. The Kier molecular flexibility index (Phi) is 6.94. The van der Waals surface area contributed by atoms with Gasteiger partial charge in [-0.05, 0) is 50.5 Å². The Balaban J connectivity index is 0.00000162. The van der Waals surface area contributed by atoms with E-state index in [2.05, 4.69) is 10.6 Å². The Bertz CT molecular complexity index is 348. The van der Waals surface area contributed by atoms with Crippen LogP contribution in [0.1, 0.15) is 18.4 Å². The first kappa shape index (κ1) is 15.7. The van der Waals surface area contributed by atoms with Gasteiger partial charge in [-0.3, -0.25) is 0 Å². The first-order chi connectivity index (χ1) is 8.27. The van der Waals surface area contributed by atoms with Crippen LogP contribution in [0, 0.1) is 11.7 Å². The van der Waals surface area contributed by atoms with Crippen molar-refractivity contribution in [1.29, 1.82) is 0 Å². The summed E-state index contributed by atoms with van der Waals surface area (Å²) in [7, 11) is 0. The Morgan fingerprint density at radius 1 is 1.33 bits per heavy atom. The number of piperidine rings is 1. The third-order valence-electron chi connectivity index (χ3n) is 3.26. The average Bonchev–Trinajstić information content (AvgIpc) is 2.34. The molecule has 0 spiro atoms. The fourth-order valence-corrected chi connectivity index (χ4v) is 2.42. The molecule has 18 heavy (non-hydrogen) atoms. The number of hydrogen-bond donors (Lipinski definition) is 2. The van der Waals surface area contributed by atoms with Gasteiger partial charge in [-0.1, -0.05) is 17.7 Å². The van der Waals surface area contributed by atoms with Gasteiger partial charge in [0, 0.05) is 17.1 Å². The molecule has 1 aliphatic rings. The van der Waals surface area contributed by atoms with Crippen molar-refractivity contribution in [2.75, 3.05) is 19.6 Å². The molecule has 0 aromatic heterocycles. The van der Waals surface area contributed by atoms with Crippen LogP contribution in [0.4, 0.5) is 4.39 Å². The second-order valence-electron chi connectivity index (χ2n) is 4.52. The van der Waals surface area contributed by atoms with E-state index in [-0.39, 0.29) is 18.2 Å². The lowest BCUT2D eigenvalue weighted by atomic mass is 9.98. The molecule has 0 bridgehead atoms. The van der Waals surface area contributed by atoms with Gasteiger partial charge < -0.3 is 10.6 Å². The van der Waals surface area contributed by atoms with Crippen LogP contribution in [0.2, 0.25) is 5.02 Å². The number of benzene rings is 1. The molecule has 2 nitrogen and oxygen atoms in total. The lowest BCUT2D eigenvalue weighted by Gasteiger charge is -2.23. The van der Waals surface area contributed by atoms with Crippen LogP contribution in [0.5, 0.6) is 0 Å². The lowest BCUT2D eigenvalue weighted by molar-refractivity contribution is 0.355. The Morgan fingerprint density at radius 2 is 2.06 bits per heavy atom. The quantitative estimate of drug-likeness (QED) is 0.892. The molecule has 1 aliphatic heterocycles. The van der Waals surface area contributed by atoms with E-state index in [0.29, 0.717) is 23.0 Å². The normalized spacial score (nSPS) is 16.3. The van der Waals surface area contributed by atoms with Crippen LogP contribution in [0.15, 0.2) is 18.2 Å². The van der Waals surface area contributed by atoms with E-state index in [1.807, 2.05) is 0 Å². The molecule has 0 amide bonds. The molecular weight excluding hydrogens is 274 g/mol. The third-order valence-corrected chi connectivity index (χ3v) is 3.61. The van der Waals surface area contributed by atoms with Crippen LogP contribution in [-0.2, 0) is 6.54 Å². The second-order valence-corrected chi connectivity index (χ2v) is 4.93. The van der Waals surface area contributed by atoms with Crippen LogP contribution in [0.25, 0.3) is 0 Å². The van der Waals surface area contributed by atoms with E-state index in [1.54, 1.807) is 12.1 Å². The van der Waals surface area contributed by atoms with Gasteiger partial charge in [-0.15, -0.1) is 12.4 Å². The highest BCUT2D eigenvalue weighted by Gasteiger charge is 2.13. The minimum absolute atomic E-state index is 0. The SMILES string of the molecule is Cl.Fc1cccc(Cl)c1CNCC1CCNCC1. The summed E-state index contributed by atoms with van der Waals surface area (Å²) < 4.78 is 13.5. The van der Waals surface area contributed by atoms with Gasteiger partial charge in [0.1, 0.15) is 5.82 Å². The van der Waals surface area contributed by atoms with Gasteiger partial charge >= 0.3 is 0 Å². The highest BCUT2D eigenvalue weighted by atomic mass is 35.5. The smallest absolute Gasteiger partial charge is 0.129 e. The zero-order chi connectivity index (χ0) is 12.1. The van der Waals surface area contributed by atoms with Crippen molar-refractivity contribution in [2.24, 2.45) is 5.92 Å². The molecule has 5 heteroatoms. The van der Waals surface area contributed by atoms with E-state index in [0.717, 1.165) is 19.6 Å². The van der Waals surface area contributed by atoms with Crippen LogP contribution in [-0.4, -0.2) is 19.6 Å². The first-order valence-electron chi connectivity index (χ1n) is 6.11. The zero-order valence-electron chi connectivity index (χ0n) is 10.2. The molecule has 1 fully saturated rings. The molecule has 1 saturated heterocycles. The number of hydrogen-bond acceptors (Lipinski definition) is 2. The fourth-order valence-electron chi connectivity index (χ4n) is 2.19. The van der Waals surface area contributed by atoms with Crippen molar-refractivity contribution in [3.8, 4) is 0 Å². The third kappa shape index (κ3) is 4.39. The summed E-state index contributed by atoms with van der Waals surface area (Å²) in [5.74, 6) is 0.470. The lowest BCUT2D eigenvalue weighted by Crippen LogP contribution is -2.33. The Labute approximate surface area is 119 Å². The number of nitrogens with one attached hydrogen (secondary N) is 2. The summed E-state index contributed by atoms with van der Waals surface area (Å²) in [6, 6.07) is 4.81. The molecule has 0 unspecified atom stereocenters. The van der Waals surface area contributed by atoms with Gasteiger partial charge in [0.15, 0.2) is 0 Å². The Morgan fingerprint density at radius 3 is 2.72 bits per heavy atom. The molecule has 1 heterocycles. The predicted octanol–water partition coefficient (Wildman–Crippen LogP) is 2.99. The Hall–Kier alpha value is -0.350. The molecule has 102 valence electrons. The fraction of sp³-hybridized carbons (Fsp3) is 0.538. The van der Waals surface area contributed by atoms with Crippen molar-refractivity contribution in [2.45, 2.75) is 19.4 Å². The van der Waals surface area contributed by atoms with Crippen LogP contribution in [0.3, 0.4) is 0 Å². The molecule has 0 atom stereocenters. The maximum absolute atomic E-state index is 13.5. The summed E-state index contributed by atoms with van der Waals surface area (Å²) in [6.07, 6.45) is 2.38. The van der Waals surface area contributed by atoms with Crippen molar-refractivity contribution in [1.82, 2.24) is 10.6 Å². The van der Waals surface area contributed by atoms with Crippen molar-refractivity contribution >= 4 is 24.0 Å². The summed E-state index contributed by atoms with van der Waals surface area (Å²) in [5, 5.41) is 7.14. The van der Waals surface area contributed by atoms with Gasteiger partial charge in [0.25, 0.3) is 0 Å². The van der Waals surface area contributed by atoms with Gasteiger partial charge in [-0.25, -0.2) is 4.39 Å². The van der Waals surface area contributed by atoms with E-state index >= 15 is 0 Å². The highest BCUT2D eigenvalue weighted by molar-refractivity contribution is 6.31. The summed E-state index contributed by atoms with van der Waals surface area (Å²) in [4.78, 5) is 0. The standard InChI is InChI=1S/C13H18ClFN2.ClH/c14-12-2-1-3-13(15)11(12)9-17-8-10-4-6-16-7-5-10;/h1-3,10,16-17H,4-9H2;1H. The average molecular weight is 293 g/mol. The molecule has 1 aromatic carbocycles. The van der Waals surface area contributed by atoms with Crippen molar-refractivity contribution < 1.29 is 4.39 Å². The molecule has 1 aromatic rings. The topological polar surface area (TPSA) is 24.1 Å². The highest BCUT2D eigenvalue weighted by Crippen LogP contribution is 2.19. The van der Waals surface area contributed by atoms with Gasteiger partial charge in [0.05, 0.1) is 0 Å². The van der Waals surface area contributed by atoms with E-state index in [9.17, 15) is 4.39 Å². The zero-order valence-corrected chi connectivity index (χ0v) is 11.8. The number of rotatable bonds is 4.